The molecule has 1 saturated carbocycles. The molecule has 3 nitrogen and oxygen atoms in total. The number of fused-ring (bicyclic) bond motifs is 1. The van der Waals surface area contributed by atoms with Gasteiger partial charge in [0.15, 0.2) is 5.11 Å². The van der Waals surface area contributed by atoms with E-state index in [2.05, 4.69) is 53.2 Å². The van der Waals surface area contributed by atoms with E-state index in [0.29, 0.717) is 12.0 Å². The van der Waals surface area contributed by atoms with Crippen molar-refractivity contribution < 1.29 is 0 Å². The van der Waals surface area contributed by atoms with Gasteiger partial charge in [-0.3, -0.25) is 0 Å². The zero-order chi connectivity index (χ0) is 23.4. The Morgan fingerprint density at radius 3 is 2.79 bits per heavy atom. The number of rotatable bonds is 6. The molecule has 5 heteroatoms. The van der Waals surface area contributed by atoms with Crippen molar-refractivity contribution in [2.24, 2.45) is 5.92 Å². The molecule has 33 heavy (non-hydrogen) atoms. The summed E-state index contributed by atoms with van der Waals surface area (Å²) in [6.07, 6.45) is 8.69. The Bertz CT molecular complexity index is 976. The molecule has 0 saturated heterocycles. The van der Waals surface area contributed by atoms with Gasteiger partial charge in [0, 0.05) is 42.1 Å². The number of benzene rings is 2. The fourth-order valence-electron chi connectivity index (χ4n) is 5.55. The van der Waals surface area contributed by atoms with Gasteiger partial charge in [0.1, 0.15) is 0 Å². The second-order valence-corrected chi connectivity index (χ2v) is 10.6. The molecule has 1 aliphatic carbocycles. The summed E-state index contributed by atoms with van der Waals surface area (Å²) in [5.74, 6) is 0.636. The van der Waals surface area contributed by atoms with Crippen LogP contribution in [0, 0.1) is 12.8 Å². The van der Waals surface area contributed by atoms with Gasteiger partial charge < -0.3 is 15.1 Å². The highest BCUT2D eigenvalue weighted by atomic mass is 35.5. The van der Waals surface area contributed by atoms with E-state index in [0.717, 1.165) is 34.5 Å². The second-order valence-electron chi connectivity index (χ2n) is 9.85. The van der Waals surface area contributed by atoms with Crippen LogP contribution in [0.5, 0.6) is 0 Å². The second kappa shape index (κ2) is 11.1. The minimum atomic E-state index is 0.464. The normalized spacial score (nSPS) is 20.3. The maximum absolute atomic E-state index is 6.38. The van der Waals surface area contributed by atoms with Crippen molar-refractivity contribution in [1.82, 2.24) is 4.90 Å². The summed E-state index contributed by atoms with van der Waals surface area (Å²) in [7, 11) is 0. The van der Waals surface area contributed by atoms with E-state index in [-0.39, 0.29) is 0 Å². The summed E-state index contributed by atoms with van der Waals surface area (Å²) >= 11 is 12.4. The molecule has 0 bridgehead atoms. The SMILES string of the molecule is CCCN1CCCc2cc(CN(C(=S)Nc3cccc(Cl)c3C)[C@@H]3CCCC[C@H]3C)ccc21. The Morgan fingerprint density at radius 2 is 2.00 bits per heavy atom. The van der Waals surface area contributed by atoms with Crippen molar-refractivity contribution in [2.75, 3.05) is 23.3 Å². The molecular weight excluding hydrogens is 446 g/mol. The number of hydrogen-bond donors (Lipinski definition) is 1. The summed E-state index contributed by atoms with van der Waals surface area (Å²) in [5, 5.41) is 5.12. The van der Waals surface area contributed by atoms with Crippen molar-refractivity contribution in [3.63, 3.8) is 0 Å². The van der Waals surface area contributed by atoms with Crippen LogP contribution < -0.4 is 10.2 Å². The van der Waals surface area contributed by atoms with Crippen molar-refractivity contribution in [3.05, 3.63) is 58.1 Å². The minimum absolute atomic E-state index is 0.464. The fourth-order valence-corrected chi connectivity index (χ4v) is 6.04. The van der Waals surface area contributed by atoms with Crippen LogP contribution >= 0.6 is 23.8 Å². The number of hydrogen-bond acceptors (Lipinski definition) is 2. The van der Waals surface area contributed by atoms with Crippen LogP contribution in [0.15, 0.2) is 36.4 Å². The van der Waals surface area contributed by atoms with Gasteiger partial charge in [0.2, 0.25) is 0 Å². The number of anilines is 2. The number of nitrogens with zero attached hydrogens (tertiary/aromatic N) is 2. The molecule has 1 aliphatic heterocycles. The average Bonchev–Trinajstić information content (AvgIpc) is 2.81. The molecule has 0 amide bonds. The standard InChI is InChI=1S/C28H38ClN3S/c1-4-16-31-17-8-10-23-18-22(14-15-27(23)31)19-32(26-13-6-5-9-20(26)2)28(33)30-25-12-7-11-24(29)21(25)3/h7,11-12,14-15,18,20,26H,4-6,8-10,13,16-17,19H2,1-3H3,(H,30,33)/t20-,26-/m1/s1. The lowest BCUT2D eigenvalue weighted by Crippen LogP contribution is -2.46. The summed E-state index contributed by atoms with van der Waals surface area (Å²) in [5.41, 5.74) is 6.33. The number of halogens is 1. The number of aryl methyl sites for hydroxylation is 1. The Kier molecular flexibility index (Phi) is 8.19. The Labute approximate surface area is 210 Å². The van der Waals surface area contributed by atoms with E-state index in [1.807, 2.05) is 19.1 Å². The molecule has 0 radical (unpaired) electrons. The van der Waals surface area contributed by atoms with E-state index >= 15 is 0 Å². The summed E-state index contributed by atoms with van der Waals surface area (Å²) in [6, 6.07) is 13.5. The lowest BCUT2D eigenvalue weighted by atomic mass is 9.84. The minimum Gasteiger partial charge on any atom is -0.371 e. The molecule has 2 aliphatic rings. The highest BCUT2D eigenvalue weighted by Gasteiger charge is 2.29. The van der Waals surface area contributed by atoms with E-state index in [1.54, 1.807) is 0 Å². The van der Waals surface area contributed by atoms with Crippen molar-refractivity contribution >= 4 is 40.3 Å². The predicted molar refractivity (Wildman–Crippen MR) is 147 cm³/mol. The molecule has 4 rings (SSSR count). The Morgan fingerprint density at radius 1 is 1.18 bits per heavy atom. The van der Waals surface area contributed by atoms with Crippen molar-refractivity contribution in [1.29, 1.82) is 0 Å². The molecule has 0 spiro atoms. The van der Waals surface area contributed by atoms with Crippen LogP contribution in [0.1, 0.15) is 69.1 Å². The molecule has 2 atom stereocenters. The molecule has 1 N–H and O–H groups in total. The van der Waals surface area contributed by atoms with Crippen LogP contribution in [0.2, 0.25) is 5.02 Å². The molecule has 2 aromatic carbocycles. The van der Waals surface area contributed by atoms with Gasteiger partial charge in [-0.2, -0.15) is 0 Å². The lowest BCUT2D eigenvalue weighted by Gasteiger charge is -2.40. The zero-order valence-electron chi connectivity index (χ0n) is 20.4. The molecule has 1 fully saturated rings. The number of thiocarbonyl (C=S) groups is 1. The summed E-state index contributed by atoms with van der Waals surface area (Å²) in [6.45, 7) is 9.87. The average molecular weight is 484 g/mol. The topological polar surface area (TPSA) is 18.5 Å². The largest absolute Gasteiger partial charge is 0.371 e. The Hall–Kier alpha value is -1.78. The highest BCUT2D eigenvalue weighted by molar-refractivity contribution is 7.80. The van der Waals surface area contributed by atoms with E-state index in [4.69, 9.17) is 23.8 Å². The van der Waals surface area contributed by atoms with Crippen LogP contribution in [0.3, 0.4) is 0 Å². The van der Waals surface area contributed by atoms with Gasteiger partial charge in [-0.15, -0.1) is 0 Å². The third-order valence-electron chi connectivity index (χ3n) is 7.44. The maximum atomic E-state index is 6.38. The third kappa shape index (κ3) is 5.66. The fraction of sp³-hybridized carbons (Fsp3) is 0.536. The van der Waals surface area contributed by atoms with Gasteiger partial charge in [0.25, 0.3) is 0 Å². The van der Waals surface area contributed by atoms with Crippen LogP contribution in [0.25, 0.3) is 0 Å². The number of nitrogens with one attached hydrogen (secondary N) is 1. The van der Waals surface area contributed by atoms with Gasteiger partial charge in [-0.1, -0.05) is 56.5 Å². The first-order valence-corrected chi connectivity index (χ1v) is 13.5. The van der Waals surface area contributed by atoms with Gasteiger partial charge >= 0.3 is 0 Å². The first-order valence-electron chi connectivity index (χ1n) is 12.7. The molecule has 178 valence electrons. The van der Waals surface area contributed by atoms with E-state index < -0.39 is 0 Å². The van der Waals surface area contributed by atoms with Crippen molar-refractivity contribution in [2.45, 2.75) is 78.3 Å². The monoisotopic (exact) mass is 483 g/mol. The van der Waals surface area contributed by atoms with Crippen LogP contribution in [-0.2, 0) is 13.0 Å². The summed E-state index contributed by atoms with van der Waals surface area (Å²) in [4.78, 5) is 5.01. The predicted octanol–water partition coefficient (Wildman–Crippen LogP) is 7.59. The zero-order valence-corrected chi connectivity index (χ0v) is 21.9. The van der Waals surface area contributed by atoms with Crippen LogP contribution in [0.4, 0.5) is 11.4 Å². The molecule has 2 aromatic rings. The third-order valence-corrected chi connectivity index (χ3v) is 8.19. The van der Waals surface area contributed by atoms with Gasteiger partial charge in [0.05, 0.1) is 0 Å². The maximum Gasteiger partial charge on any atom is 0.173 e. The first-order chi connectivity index (χ1) is 16.0. The van der Waals surface area contributed by atoms with Crippen molar-refractivity contribution in [3.8, 4) is 0 Å². The van der Waals surface area contributed by atoms with Gasteiger partial charge in [-0.25, -0.2) is 0 Å². The summed E-state index contributed by atoms with van der Waals surface area (Å²) < 4.78 is 0. The van der Waals surface area contributed by atoms with Gasteiger partial charge in [-0.05, 0) is 92.1 Å². The molecular formula is C28H38ClN3S. The molecule has 0 unspecified atom stereocenters. The Balaban J connectivity index is 1.59. The molecule has 0 aromatic heterocycles. The smallest absolute Gasteiger partial charge is 0.173 e. The first kappa shape index (κ1) is 24.3. The highest BCUT2D eigenvalue weighted by Crippen LogP contribution is 2.33. The molecule has 1 heterocycles. The van der Waals surface area contributed by atoms with E-state index in [1.165, 1.54) is 68.3 Å². The lowest BCUT2D eigenvalue weighted by molar-refractivity contribution is 0.177. The van der Waals surface area contributed by atoms with E-state index in [9.17, 15) is 0 Å². The quantitative estimate of drug-likeness (QED) is 0.426. The van der Waals surface area contributed by atoms with Crippen LogP contribution in [-0.4, -0.2) is 29.1 Å².